The minimum absolute atomic E-state index is 0.00479. The van der Waals surface area contributed by atoms with Crippen molar-refractivity contribution >= 4 is 11.8 Å². The summed E-state index contributed by atoms with van der Waals surface area (Å²) in [5.74, 6) is -0.0544. The van der Waals surface area contributed by atoms with Gasteiger partial charge in [-0.25, -0.2) is 14.2 Å². The Morgan fingerprint density at radius 3 is 2.84 bits per heavy atom. The minimum atomic E-state index is -0.337. The summed E-state index contributed by atoms with van der Waals surface area (Å²) in [6.07, 6.45) is 3.59. The predicted molar refractivity (Wildman–Crippen MR) is 117 cm³/mol. The normalized spacial score (nSPS) is 19.7. The number of hydrogen-bond donors (Lipinski definition) is 2. The van der Waals surface area contributed by atoms with Crippen molar-refractivity contribution in [1.29, 1.82) is 0 Å². The molecule has 0 saturated carbocycles. The molecular formula is C23H25FN6O. The van der Waals surface area contributed by atoms with Crippen molar-refractivity contribution in [3.63, 3.8) is 0 Å². The van der Waals surface area contributed by atoms with E-state index in [4.69, 9.17) is 10.8 Å². The summed E-state index contributed by atoms with van der Waals surface area (Å²) < 4.78 is 16.4. The first-order valence-electron chi connectivity index (χ1n) is 10.6. The Hall–Kier alpha value is -3.42. The van der Waals surface area contributed by atoms with Crippen LogP contribution in [0.2, 0.25) is 0 Å². The molecule has 3 aromatic rings. The number of amides is 2. The van der Waals surface area contributed by atoms with Crippen LogP contribution in [0.15, 0.2) is 42.6 Å². The number of pyridine rings is 1. The van der Waals surface area contributed by atoms with E-state index in [0.29, 0.717) is 24.2 Å². The number of nitrogens with two attached hydrogens (primary N) is 1. The molecule has 1 atom stereocenters. The maximum Gasteiger partial charge on any atom is 0.317 e. The van der Waals surface area contributed by atoms with Crippen LogP contribution < -0.4 is 11.1 Å². The number of benzene rings is 1. The van der Waals surface area contributed by atoms with Gasteiger partial charge in [0.25, 0.3) is 0 Å². The third kappa shape index (κ3) is 3.22. The van der Waals surface area contributed by atoms with Crippen molar-refractivity contribution in [2.45, 2.75) is 31.7 Å². The Morgan fingerprint density at radius 2 is 2.03 bits per heavy atom. The number of carbonyl (C=O) groups is 1. The monoisotopic (exact) mass is 420 g/mol. The summed E-state index contributed by atoms with van der Waals surface area (Å²) in [7, 11) is 0. The van der Waals surface area contributed by atoms with Crippen LogP contribution in [-0.2, 0) is 12.0 Å². The largest absolute Gasteiger partial charge is 0.383 e. The Bertz CT molecular complexity index is 1160. The van der Waals surface area contributed by atoms with Gasteiger partial charge in [-0.1, -0.05) is 18.2 Å². The quantitative estimate of drug-likeness (QED) is 0.680. The van der Waals surface area contributed by atoms with Gasteiger partial charge in [-0.3, -0.25) is 4.68 Å². The molecule has 0 bridgehead atoms. The molecule has 3 N–H and O–H groups in total. The third-order valence-corrected chi connectivity index (χ3v) is 6.47. The highest BCUT2D eigenvalue weighted by molar-refractivity contribution is 5.79. The maximum atomic E-state index is 14.3. The van der Waals surface area contributed by atoms with Gasteiger partial charge in [0.2, 0.25) is 0 Å². The Balaban J connectivity index is 1.47. The first-order valence-corrected chi connectivity index (χ1v) is 10.6. The first kappa shape index (κ1) is 19.5. The summed E-state index contributed by atoms with van der Waals surface area (Å²) in [6.45, 7) is 4.81. The number of fused-ring (bicyclic) bond motifs is 2. The van der Waals surface area contributed by atoms with Crippen LogP contribution in [0, 0.1) is 5.82 Å². The van der Waals surface area contributed by atoms with E-state index in [1.807, 2.05) is 22.6 Å². The van der Waals surface area contributed by atoms with Gasteiger partial charge in [0.15, 0.2) is 0 Å². The molecule has 2 aliphatic heterocycles. The molecule has 5 rings (SSSR count). The zero-order chi connectivity index (χ0) is 21.6. The minimum Gasteiger partial charge on any atom is -0.383 e. The molecule has 1 aromatic carbocycles. The number of nitrogen functional groups attached to an aromatic ring is 1. The summed E-state index contributed by atoms with van der Waals surface area (Å²) in [5, 5.41) is 7.69. The summed E-state index contributed by atoms with van der Waals surface area (Å²) in [4.78, 5) is 18.5. The van der Waals surface area contributed by atoms with E-state index in [-0.39, 0.29) is 23.1 Å². The average Bonchev–Trinajstić information content (AvgIpc) is 3.46. The topological polar surface area (TPSA) is 89.1 Å². The SMILES string of the molecule is CCNC(=O)N1CCC2(CCn3nc(-c4cnc(N)c(-c5ccccc5F)c4)cc32)C1. The highest BCUT2D eigenvalue weighted by Gasteiger charge is 2.46. The predicted octanol–water partition coefficient (Wildman–Crippen LogP) is 3.41. The molecule has 31 heavy (non-hydrogen) atoms. The molecule has 4 heterocycles. The van der Waals surface area contributed by atoms with E-state index in [1.54, 1.807) is 24.4 Å². The van der Waals surface area contributed by atoms with Crippen LogP contribution in [0.4, 0.5) is 15.0 Å². The Morgan fingerprint density at radius 1 is 1.23 bits per heavy atom. The van der Waals surface area contributed by atoms with Crippen molar-refractivity contribution < 1.29 is 9.18 Å². The van der Waals surface area contributed by atoms with E-state index < -0.39 is 0 Å². The number of rotatable bonds is 3. The lowest BCUT2D eigenvalue weighted by atomic mass is 9.82. The fourth-order valence-corrected chi connectivity index (χ4v) is 4.84. The summed E-state index contributed by atoms with van der Waals surface area (Å²) in [5.41, 5.74) is 9.71. The number of urea groups is 1. The number of anilines is 1. The molecule has 2 aliphatic rings. The van der Waals surface area contributed by atoms with Gasteiger partial charge in [0, 0.05) is 60.2 Å². The molecule has 1 saturated heterocycles. The van der Waals surface area contributed by atoms with Gasteiger partial charge in [-0.15, -0.1) is 0 Å². The van der Waals surface area contributed by atoms with Gasteiger partial charge < -0.3 is 16.0 Å². The van der Waals surface area contributed by atoms with Crippen LogP contribution in [0.3, 0.4) is 0 Å². The standard InChI is InChI=1S/C23H25FN6O/c1-2-26-22(31)29-9-7-23(14-29)8-10-30-20(23)12-19(28-30)15-11-17(21(25)27-13-15)16-5-3-4-6-18(16)24/h3-6,11-13H,2,7-10,14H2,1H3,(H2,25,27)(H,26,31). The number of aryl methyl sites for hydroxylation is 1. The Labute approximate surface area is 180 Å². The molecule has 7 nitrogen and oxygen atoms in total. The molecule has 2 amide bonds. The van der Waals surface area contributed by atoms with E-state index >= 15 is 0 Å². The molecule has 2 aromatic heterocycles. The lowest BCUT2D eigenvalue weighted by molar-refractivity contribution is 0.206. The van der Waals surface area contributed by atoms with Crippen LogP contribution in [0.25, 0.3) is 22.4 Å². The van der Waals surface area contributed by atoms with Gasteiger partial charge >= 0.3 is 6.03 Å². The van der Waals surface area contributed by atoms with Gasteiger partial charge in [-0.05, 0) is 38.0 Å². The zero-order valence-electron chi connectivity index (χ0n) is 17.4. The fraction of sp³-hybridized carbons (Fsp3) is 0.348. The highest BCUT2D eigenvalue weighted by atomic mass is 19.1. The number of likely N-dealkylation sites (tertiary alicyclic amines) is 1. The molecule has 1 unspecified atom stereocenters. The smallest absolute Gasteiger partial charge is 0.317 e. The Kier molecular flexibility index (Phi) is 4.64. The van der Waals surface area contributed by atoms with E-state index in [9.17, 15) is 9.18 Å². The van der Waals surface area contributed by atoms with Gasteiger partial charge in [-0.2, -0.15) is 5.10 Å². The number of nitrogens with zero attached hydrogens (tertiary/aromatic N) is 4. The molecule has 0 radical (unpaired) electrons. The van der Waals surface area contributed by atoms with Crippen molar-refractivity contribution in [3.8, 4) is 22.4 Å². The molecule has 0 aliphatic carbocycles. The maximum absolute atomic E-state index is 14.3. The van der Waals surface area contributed by atoms with Crippen molar-refractivity contribution in [1.82, 2.24) is 25.0 Å². The van der Waals surface area contributed by atoms with Gasteiger partial charge in [0.05, 0.1) is 5.69 Å². The van der Waals surface area contributed by atoms with Crippen LogP contribution >= 0.6 is 0 Å². The lowest BCUT2D eigenvalue weighted by Crippen LogP contribution is -2.40. The summed E-state index contributed by atoms with van der Waals surface area (Å²) in [6, 6.07) is 10.5. The van der Waals surface area contributed by atoms with Crippen molar-refractivity contribution in [3.05, 3.63) is 54.1 Å². The number of aromatic nitrogens is 3. The number of hydrogen-bond acceptors (Lipinski definition) is 4. The lowest BCUT2D eigenvalue weighted by Gasteiger charge is -2.23. The second kappa shape index (κ2) is 7.37. The van der Waals surface area contributed by atoms with Crippen molar-refractivity contribution in [2.75, 3.05) is 25.4 Å². The number of halogens is 1. The van der Waals surface area contributed by atoms with Crippen LogP contribution in [0.5, 0.6) is 0 Å². The van der Waals surface area contributed by atoms with Crippen molar-refractivity contribution in [2.24, 2.45) is 0 Å². The number of nitrogens with one attached hydrogen (secondary N) is 1. The molecule has 1 fully saturated rings. The second-order valence-electron chi connectivity index (χ2n) is 8.31. The number of carbonyl (C=O) groups excluding carboxylic acids is 1. The van der Waals surface area contributed by atoms with Crippen LogP contribution in [-0.4, -0.2) is 45.3 Å². The van der Waals surface area contributed by atoms with Crippen LogP contribution in [0.1, 0.15) is 25.5 Å². The molecule has 160 valence electrons. The highest BCUT2D eigenvalue weighted by Crippen LogP contribution is 2.44. The molecule has 8 heteroatoms. The average molecular weight is 420 g/mol. The first-order chi connectivity index (χ1) is 15.0. The zero-order valence-corrected chi connectivity index (χ0v) is 17.4. The summed E-state index contributed by atoms with van der Waals surface area (Å²) >= 11 is 0. The molecular weight excluding hydrogens is 395 g/mol. The van der Waals surface area contributed by atoms with E-state index in [1.165, 1.54) is 6.07 Å². The van der Waals surface area contributed by atoms with E-state index in [2.05, 4.69) is 16.4 Å². The van der Waals surface area contributed by atoms with E-state index in [0.717, 1.165) is 42.9 Å². The third-order valence-electron chi connectivity index (χ3n) is 6.47. The second-order valence-corrected chi connectivity index (χ2v) is 8.31. The van der Waals surface area contributed by atoms with Gasteiger partial charge in [0.1, 0.15) is 11.6 Å². The fourth-order valence-electron chi connectivity index (χ4n) is 4.84. The molecule has 1 spiro atoms.